The maximum absolute atomic E-state index is 13.1. The Bertz CT molecular complexity index is 995. The number of non-ortho nitro benzene ring substituents is 1. The quantitative estimate of drug-likeness (QED) is 0.397. The van der Waals surface area contributed by atoms with Crippen LogP contribution >= 0.6 is 23.6 Å². The Labute approximate surface area is 165 Å². The van der Waals surface area contributed by atoms with Gasteiger partial charge in [0.1, 0.15) is 9.34 Å². The largest absolute Gasteiger partial charge is 0.416 e. The molecule has 150 valence electrons. The monoisotopic (exact) mass is 433 g/mol. The van der Waals surface area contributed by atoms with Crippen LogP contribution in [0.2, 0.25) is 0 Å². The molecule has 0 unspecified atom stereocenters. The molecule has 2 fully saturated rings. The molecule has 0 amide bonds. The highest BCUT2D eigenvalue weighted by Crippen LogP contribution is 2.41. The average molecular weight is 433 g/mol. The summed E-state index contributed by atoms with van der Waals surface area (Å²) in [4.78, 5) is 16.7. The van der Waals surface area contributed by atoms with Crippen molar-refractivity contribution in [3.8, 4) is 0 Å². The van der Waals surface area contributed by atoms with Crippen molar-refractivity contribution in [2.24, 2.45) is 0 Å². The Hall–Kier alpha value is -1.89. The SMILES string of the molecule is O=[N+]([O-])c1cc(C(F)(F)F)cc2c(=S)nc(N3CCC4(CC3)OCCO4)sc12. The number of rotatable bonds is 2. The number of halogens is 3. The maximum Gasteiger partial charge on any atom is 0.416 e. The fourth-order valence-corrected chi connectivity index (χ4v) is 4.90. The summed E-state index contributed by atoms with van der Waals surface area (Å²) in [7, 11) is 0. The molecule has 2 aliphatic heterocycles. The van der Waals surface area contributed by atoms with E-state index in [1.54, 1.807) is 0 Å². The van der Waals surface area contributed by atoms with Gasteiger partial charge < -0.3 is 14.4 Å². The minimum Gasteiger partial charge on any atom is -0.348 e. The van der Waals surface area contributed by atoms with Crippen molar-refractivity contribution >= 4 is 44.5 Å². The van der Waals surface area contributed by atoms with E-state index < -0.39 is 28.1 Å². The molecular weight excluding hydrogens is 419 g/mol. The Kier molecular flexibility index (Phi) is 4.76. The first-order valence-corrected chi connectivity index (χ1v) is 9.64. The number of anilines is 1. The van der Waals surface area contributed by atoms with Gasteiger partial charge in [0.25, 0.3) is 5.69 Å². The summed E-state index contributed by atoms with van der Waals surface area (Å²) in [6.07, 6.45) is -3.52. The van der Waals surface area contributed by atoms with E-state index in [-0.39, 0.29) is 14.7 Å². The fraction of sp³-hybridized carbons (Fsp3) is 0.500. The molecule has 28 heavy (non-hydrogen) atoms. The van der Waals surface area contributed by atoms with Crippen LogP contribution in [0, 0.1) is 14.8 Å². The van der Waals surface area contributed by atoms with E-state index in [2.05, 4.69) is 4.98 Å². The van der Waals surface area contributed by atoms with Gasteiger partial charge in [-0.05, 0) is 6.07 Å². The number of benzene rings is 1. The number of hydrogen-bond donors (Lipinski definition) is 0. The first kappa shape index (κ1) is 19.4. The van der Waals surface area contributed by atoms with Crippen molar-refractivity contribution < 1.29 is 27.6 Å². The van der Waals surface area contributed by atoms with E-state index >= 15 is 0 Å². The third-order valence-electron chi connectivity index (χ3n) is 4.82. The van der Waals surface area contributed by atoms with E-state index in [4.69, 9.17) is 21.7 Å². The highest BCUT2D eigenvalue weighted by Gasteiger charge is 2.40. The molecule has 0 aliphatic carbocycles. The second-order valence-electron chi connectivity index (χ2n) is 6.52. The van der Waals surface area contributed by atoms with Gasteiger partial charge in [-0.3, -0.25) is 10.1 Å². The van der Waals surface area contributed by atoms with Crippen LogP contribution in [-0.2, 0) is 15.7 Å². The summed E-state index contributed by atoms with van der Waals surface area (Å²) in [6.45, 7) is 2.16. The summed E-state index contributed by atoms with van der Waals surface area (Å²) < 4.78 is 50.6. The number of hydrogen-bond acceptors (Lipinski definition) is 8. The molecule has 0 atom stereocenters. The van der Waals surface area contributed by atoms with E-state index in [0.29, 0.717) is 50.3 Å². The highest BCUT2D eigenvalue weighted by atomic mass is 32.1. The lowest BCUT2D eigenvalue weighted by Gasteiger charge is -2.37. The van der Waals surface area contributed by atoms with Gasteiger partial charge in [0.15, 0.2) is 10.9 Å². The molecule has 12 heteroatoms. The zero-order valence-electron chi connectivity index (χ0n) is 14.3. The molecule has 0 saturated carbocycles. The molecule has 0 N–H and O–H groups in total. The predicted molar refractivity (Wildman–Crippen MR) is 98.2 cm³/mol. The van der Waals surface area contributed by atoms with Gasteiger partial charge >= 0.3 is 6.18 Å². The second-order valence-corrected chi connectivity index (χ2v) is 7.89. The standard InChI is InChI=1S/C16H14F3N3O4S2/c17-16(18,19)9-7-10-12(11(8-9)22(23)24)28-14(20-13(10)27)21-3-1-15(2-4-21)25-5-6-26-15/h7-8H,1-6H2. The second kappa shape index (κ2) is 6.87. The number of nitrogens with zero attached hydrogens (tertiary/aromatic N) is 3. The van der Waals surface area contributed by atoms with Crippen molar-refractivity contribution in [3.63, 3.8) is 0 Å². The maximum atomic E-state index is 13.1. The summed E-state index contributed by atoms with van der Waals surface area (Å²) in [5.74, 6) is -0.595. The fourth-order valence-electron chi connectivity index (χ4n) is 3.40. The minimum absolute atomic E-state index is 0.0405. The van der Waals surface area contributed by atoms with Crippen LogP contribution in [0.25, 0.3) is 10.1 Å². The zero-order chi connectivity index (χ0) is 20.1. The molecule has 0 bridgehead atoms. The Morgan fingerprint density at radius 3 is 2.46 bits per heavy atom. The molecule has 4 rings (SSSR count). The van der Waals surface area contributed by atoms with Crippen LogP contribution in [-0.4, -0.2) is 42.0 Å². The van der Waals surface area contributed by atoms with E-state index in [1.807, 2.05) is 4.90 Å². The lowest BCUT2D eigenvalue weighted by atomic mass is 10.0. The summed E-state index contributed by atoms with van der Waals surface area (Å²) in [6, 6.07) is 1.37. The van der Waals surface area contributed by atoms with Crippen molar-refractivity contribution in [2.45, 2.75) is 24.8 Å². The minimum atomic E-state index is -4.72. The third-order valence-corrected chi connectivity index (χ3v) is 6.30. The molecular formula is C16H14F3N3O4S2. The summed E-state index contributed by atoms with van der Waals surface area (Å²) in [5, 5.41) is 11.8. The molecule has 2 aliphatic rings. The van der Waals surface area contributed by atoms with Crippen LogP contribution in [0.15, 0.2) is 12.1 Å². The first-order valence-electron chi connectivity index (χ1n) is 8.42. The molecule has 1 aromatic carbocycles. The van der Waals surface area contributed by atoms with E-state index in [0.717, 1.165) is 17.4 Å². The van der Waals surface area contributed by atoms with E-state index in [9.17, 15) is 23.3 Å². The van der Waals surface area contributed by atoms with Gasteiger partial charge in [0.2, 0.25) is 0 Å². The Balaban J connectivity index is 1.75. The normalized spacial score (nSPS) is 19.5. The molecule has 0 radical (unpaired) electrons. The molecule has 2 saturated heterocycles. The van der Waals surface area contributed by atoms with Gasteiger partial charge in [-0.1, -0.05) is 23.6 Å². The lowest BCUT2D eigenvalue weighted by Crippen LogP contribution is -2.45. The smallest absolute Gasteiger partial charge is 0.348 e. The van der Waals surface area contributed by atoms with Gasteiger partial charge in [-0.2, -0.15) is 13.2 Å². The van der Waals surface area contributed by atoms with E-state index in [1.165, 1.54) is 0 Å². The van der Waals surface area contributed by atoms with Gasteiger partial charge in [-0.15, -0.1) is 0 Å². The van der Waals surface area contributed by atoms with Crippen LogP contribution in [0.4, 0.5) is 24.0 Å². The van der Waals surface area contributed by atoms with Crippen LogP contribution in [0.3, 0.4) is 0 Å². The van der Waals surface area contributed by atoms with Crippen molar-refractivity contribution in [3.05, 3.63) is 32.5 Å². The number of nitro groups is 1. The summed E-state index contributed by atoms with van der Waals surface area (Å²) in [5.41, 5.74) is -1.74. The molecule has 3 heterocycles. The van der Waals surface area contributed by atoms with Crippen LogP contribution in [0.5, 0.6) is 0 Å². The number of ether oxygens (including phenoxy) is 2. The van der Waals surface area contributed by atoms with Crippen molar-refractivity contribution in [1.29, 1.82) is 0 Å². The third kappa shape index (κ3) is 3.45. The first-order chi connectivity index (χ1) is 13.2. The highest BCUT2D eigenvalue weighted by molar-refractivity contribution is 7.71. The van der Waals surface area contributed by atoms with Crippen molar-refractivity contribution in [2.75, 3.05) is 31.2 Å². The number of alkyl halides is 3. The molecule has 1 spiro atoms. The molecule has 7 nitrogen and oxygen atoms in total. The topological polar surface area (TPSA) is 77.7 Å². The van der Waals surface area contributed by atoms with Gasteiger partial charge in [0.05, 0.1) is 23.7 Å². The van der Waals surface area contributed by atoms with Crippen LogP contribution in [0.1, 0.15) is 18.4 Å². The van der Waals surface area contributed by atoms with Gasteiger partial charge in [0, 0.05) is 37.4 Å². The molecule has 2 aromatic rings. The summed E-state index contributed by atoms with van der Waals surface area (Å²) >= 11 is 6.14. The Morgan fingerprint density at radius 1 is 1.25 bits per heavy atom. The lowest BCUT2D eigenvalue weighted by molar-refractivity contribution is -0.383. The number of aromatic nitrogens is 1. The van der Waals surface area contributed by atoms with Gasteiger partial charge in [-0.25, -0.2) is 4.98 Å². The number of piperidine rings is 1. The molecule has 1 aromatic heterocycles. The zero-order valence-corrected chi connectivity index (χ0v) is 16.0. The predicted octanol–water partition coefficient (Wildman–Crippen LogP) is 4.30. The van der Waals surface area contributed by atoms with Crippen molar-refractivity contribution in [1.82, 2.24) is 4.98 Å². The number of fused-ring (bicyclic) bond motifs is 1. The van der Waals surface area contributed by atoms with Crippen LogP contribution < -0.4 is 4.90 Å². The number of nitro benzene ring substituents is 1. The Morgan fingerprint density at radius 2 is 1.89 bits per heavy atom. The average Bonchev–Trinajstić information content (AvgIpc) is 3.08.